The summed E-state index contributed by atoms with van der Waals surface area (Å²) in [5, 5.41) is 8.87. The van der Waals surface area contributed by atoms with Crippen LogP contribution in [0.3, 0.4) is 0 Å². The Labute approximate surface area is 125 Å². The van der Waals surface area contributed by atoms with Crippen LogP contribution in [0.25, 0.3) is 0 Å². The van der Waals surface area contributed by atoms with E-state index in [4.69, 9.17) is 5.11 Å². The van der Waals surface area contributed by atoms with Crippen LogP contribution in [0.15, 0.2) is 0 Å². The van der Waals surface area contributed by atoms with Crippen molar-refractivity contribution in [3.8, 4) is 0 Å². The fourth-order valence-electron chi connectivity index (χ4n) is 3.70. The summed E-state index contributed by atoms with van der Waals surface area (Å²) in [5.74, 6) is -1.15. The average molecular weight is 295 g/mol. The Bertz CT molecular complexity index is 395. The molecule has 0 aliphatic carbocycles. The summed E-state index contributed by atoms with van der Waals surface area (Å²) in [5.41, 5.74) is 0. The summed E-state index contributed by atoms with van der Waals surface area (Å²) < 4.78 is 0. The van der Waals surface area contributed by atoms with Crippen LogP contribution in [0.4, 0.5) is 4.79 Å². The van der Waals surface area contributed by atoms with Crippen molar-refractivity contribution in [2.45, 2.75) is 38.1 Å². The smallest absolute Gasteiger partial charge is 0.320 e. The third-order valence-electron chi connectivity index (χ3n) is 5.14. The molecular weight excluding hydrogens is 270 g/mol. The second kappa shape index (κ2) is 6.22. The first-order valence-electron chi connectivity index (χ1n) is 8.16. The summed E-state index contributed by atoms with van der Waals surface area (Å²) in [6.45, 7) is 4.80. The van der Waals surface area contributed by atoms with Crippen LogP contribution in [-0.2, 0) is 4.79 Å². The van der Waals surface area contributed by atoms with Gasteiger partial charge in [0.15, 0.2) is 0 Å². The minimum absolute atomic E-state index is 0.0320. The van der Waals surface area contributed by atoms with Gasteiger partial charge in [0.2, 0.25) is 0 Å². The second-order valence-electron chi connectivity index (χ2n) is 6.54. The summed E-state index contributed by atoms with van der Waals surface area (Å²) in [6.07, 6.45) is 6.09. The highest BCUT2D eigenvalue weighted by Gasteiger charge is 2.38. The lowest BCUT2D eigenvalue weighted by Gasteiger charge is -2.44. The molecule has 3 aliphatic rings. The molecular formula is C15H25N3O3. The zero-order chi connectivity index (χ0) is 14.8. The predicted octanol–water partition coefficient (Wildman–Crippen LogP) is 1.07. The zero-order valence-electron chi connectivity index (χ0n) is 12.5. The van der Waals surface area contributed by atoms with E-state index in [0.29, 0.717) is 19.1 Å². The van der Waals surface area contributed by atoms with Gasteiger partial charge in [-0.1, -0.05) is 6.42 Å². The van der Waals surface area contributed by atoms with E-state index in [1.807, 2.05) is 4.90 Å². The van der Waals surface area contributed by atoms with E-state index in [1.165, 1.54) is 32.4 Å². The zero-order valence-corrected chi connectivity index (χ0v) is 12.5. The maximum absolute atomic E-state index is 12.3. The van der Waals surface area contributed by atoms with E-state index in [-0.39, 0.29) is 11.9 Å². The molecule has 0 aromatic heterocycles. The van der Waals surface area contributed by atoms with Crippen molar-refractivity contribution in [1.82, 2.24) is 14.7 Å². The Kier molecular flexibility index (Phi) is 4.33. The number of piperidine rings is 2. The maximum atomic E-state index is 12.3. The number of aliphatic carboxylic acids is 1. The highest BCUT2D eigenvalue weighted by Crippen LogP contribution is 2.23. The number of carbonyl (C=O) groups is 2. The van der Waals surface area contributed by atoms with Gasteiger partial charge in [-0.25, -0.2) is 4.79 Å². The summed E-state index contributed by atoms with van der Waals surface area (Å²) >= 11 is 0. The van der Waals surface area contributed by atoms with Gasteiger partial charge in [-0.2, -0.15) is 0 Å². The van der Waals surface area contributed by atoms with Gasteiger partial charge in [0.1, 0.15) is 0 Å². The van der Waals surface area contributed by atoms with Crippen molar-refractivity contribution >= 4 is 12.0 Å². The van der Waals surface area contributed by atoms with E-state index >= 15 is 0 Å². The van der Waals surface area contributed by atoms with Gasteiger partial charge in [0, 0.05) is 32.2 Å². The van der Waals surface area contributed by atoms with Crippen molar-refractivity contribution in [1.29, 1.82) is 0 Å². The van der Waals surface area contributed by atoms with Crippen LogP contribution < -0.4 is 0 Å². The Balaban J connectivity index is 1.43. The number of urea groups is 1. The van der Waals surface area contributed by atoms with E-state index in [1.54, 1.807) is 4.90 Å². The SMILES string of the molecule is O=C(O)C1CN(C(=O)N2CCC(N3CCCCC3)CC2)C1. The van der Waals surface area contributed by atoms with Crippen molar-refractivity contribution in [2.24, 2.45) is 5.92 Å². The Morgan fingerprint density at radius 1 is 0.857 bits per heavy atom. The van der Waals surface area contributed by atoms with E-state index in [9.17, 15) is 9.59 Å². The molecule has 0 saturated carbocycles. The number of rotatable bonds is 2. The largest absolute Gasteiger partial charge is 0.481 e. The third-order valence-corrected chi connectivity index (χ3v) is 5.14. The molecule has 3 aliphatic heterocycles. The number of carboxylic acid groups (broad SMARTS) is 1. The van der Waals surface area contributed by atoms with Gasteiger partial charge in [-0.05, 0) is 38.8 Å². The number of likely N-dealkylation sites (tertiary alicyclic amines) is 3. The molecule has 0 bridgehead atoms. The number of carboxylic acids is 1. The maximum Gasteiger partial charge on any atom is 0.320 e. The molecule has 21 heavy (non-hydrogen) atoms. The summed E-state index contributed by atoms with van der Waals surface area (Å²) in [4.78, 5) is 29.2. The Hall–Kier alpha value is -1.30. The van der Waals surface area contributed by atoms with Gasteiger partial charge >= 0.3 is 12.0 Å². The van der Waals surface area contributed by atoms with Crippen molar-refractivity contribution in [3.63, 3.8) is 0 Å². The van der Waals surface area contributed by atoms with Crippen molar-refractivity contribution in [3.05, 3.63) is 0 Å². The molecule has 3 saturated heterocycles. The number of hydrogen-bond donors (Lipinski definition) is 1. The van der Waals surface area contributed by atoms with Gasteiger partial charge in [0.05, 0.1) is 5.92 Å². The van der Waals surface area contributed by atoms with Crippen LogP contribution in [0, 0.1) is 5.92 Å². The van der Waals surface area contributed by atoms with Crippen molar-refractivity contribution < 1.29 is 14.7 Å². The van der Waals surface area contributed by atoms with Crippen LogP contribution >= 0.6 is 0 Å². The quantitative estimate of drug-likeness (QED) is 0.828. The molecule has 0 radical (unpaired) electrons. The summed E-state index contributed by atoms with van der Waals surface area (Å²) in [7, 11) is 0. The molecule has 6 heteroatoms. The average Bonchev–Trinajstić information content (AvgIpc) is 2.46. The van der Waals surface area contributed by atoms with E-state index in [2.05, 4.69) is 4.90 Å². The lowest BCUT2D eigenvalue weighted by molar-refractivity contribution is -0.146. The molecule has 0 aromatic carbocycles. The van der Waals surface area contributed by atoms with E-state index in [0.717, 1.165) is 25.9 Å². The topological polar surface area (TPSA) is 64.1 Å². The first-order valence-corrected chi connectivity index (χ1v) is 8.16. The Morgan fingerprint density at radius 2 is 1.48 bits per heavy atom. The standard InChI is InChI=1S/C15H25N3O3/c19-14(20)12-10-18(11-12)15(21)17-8-4-13(5-9-17)16-6-2-1-3-7-16/h12-13H,1-11H2,(H,19,20). The van der Waals surface area contributed by atoms with Crippen LogP contribution in [0.5, 0.6) is 0 Å². The predicted molar refractivity (Wildman–Crippen MR) is 78.1 cm³/mol. The fourth-order valence-corrected chi connectivity index (χ4v) is 3.70. The number of amides is 2. The molecule has 118 valence electrons. The molecule has 6 nitrogen and oxygen atoms in total. The lowest BCUT2D eigenvalue weighted by atomic mass is 9.99. The molecule has 3 heterocycles. The minimum Gasteiger partial charge on any atom is -0.481 e. The minimum atomic E-state index is -0.789. The number of hydrogen-bond acceptors (Lipinski definition) is 3. The van der Waals surface area contributed by atoms with Crippen LogP contribution in [-0.4, -0.2) is 77.1 Å². The van der Waals surface area contributed by atoms with Crippen LogP contribution in [0.1, 0.15) is 32.1 Å². The third kappa shape index (κ3) is 3.15. The second-order valence-corrected chi connectivity index (χ2v) is 6.54. The number of nitrogens with zero attached hydrogens (tertiary/aromatic N) is 3. The molecule has 3 rings (SSSR count). The molecule has 0 atom stereocenters. The van der Waals surface area contributed by atoms with Crippen molar-refractivity contribution in [2.75, 3.05) is 39.3 Å². The van der Waals surface area contributed by atoms with Gasteiger partial charge in [-0.3, -0.25) is 4.79 Å². The fraction of sp³-hybridized carbons (Fsp3) is 0.867. The molecule has 1 N–H and O–H groups in total. The summed E-state index contributed by atoms with van der Waals surface area (Å²) in [6, 6.07) is 0.669. The normalized spacial score (nSPS) is 25.7. The molecule has 0 unspecified atom stereocenters. The molecule has 0 aromatic rings. The highest BCUT2D eigenvalue weighted by atomic mass is 16.4. The highest BCUT2D eigenvalue weighted by molar-refractivity contribution is 5.79. The molecule has 3 fully saturated rings. The lowest BCUT2D eigenvalue weighted by Crippen LogP contribution is -2.59. The first-order chi connectivity index (χ1) is 10.1. The Morgan fingerprint density at radius 3 is 2.05 bits per heavy atom. The van der Waals surface area contributed by atoms with Crippen LogP contribution in [0.2, 0.25) is 0 Å². The first kappa shape index (κ1) is 14.6. The van der Waals surface area contributed by atoms with Gasteiger partial charge in [-0.15, -0.1) is 0 Å². The van der Waals surface area contributed by atoms with E-state index < -0.39 is 5.97 Å². The van der Waals surface area contributed by atoms with Gasteiger partial charge in [0.25, 0.3) is 0 Å². The monoisotopic (exact) mass is 295 g/mol. The molecule has 0 spiro atoms. The van der Waals surface area contributed by atoms with Gasteiger partial charge < -0.3 is 19.8 Å². The number of carbonyl (C=O) groups excluding carboxylic acids is 1. The molecule has 2 amide bonds.